The summed E-state index contributed by atoms with van der Waals surface area (Å²) in [7, 11) is 0. The molecule has 0 radical (unpaired) electrons. The molecular weight excluding hydrogens is 102 g/mol. The average molecular weight is 115 g/mol. The van der Waals surface area contributed by atoms with Crippen LogP contribution in [0.3, 0.4) is 0 Å². The molecule has 0 aromatic carbocycles. The Balaban J connectivity index is 2.30. The third-order valence-electron chi connectivity index (χ3n) is 1.92. The molecule has 1 aliphatic carbocycles. The topological polar surface area (TPSA) is 46.2 Å². The van der Waals surface area contributed by atoms with E-state index >= 15 is 0 Å². The summed E-state index contributed by atoms with van der Waals surface area (Å²) in [5, 5.41) is 9.11. The van der Waals surface area contributed by atoms with Crippen LogP contribution < -0.4 is 5.73 Å². The molecule has 1 fully saturated rings. The summed E-state index contributed by atoms with van der Waals surface area (Å²) in [5.74, 6) is 0.398. The van der Waals surface area contributed by atoms with Crippen molar-refractivity contribution in [3.05, 3.63) is 0 Å². The molecule has 2 nitrogen and oxygen atoms in total. The van der Waals surface area contributed by atoms with E-state index < -0.39 is 0 Å². The molecule has 0 spiro atoms. The third kappa shape index (κ3) is 1.01. The summed E-state index contributed by atoms with van der Waals surface area (Å²) < 4.78 is 0. The first-order chi connectivity index (χ1) is 3.84. The van der Waals surface area contributed by atoms with Gasteiger partial charge < -0.3 is 10.8 Å². The predicted octanol–water partition coefficient (Wildman–Crippen LogP) is 0.106. The molecule has 2 atom stereocenters. The Morgan fingerprint density at radius 1 is 1.50 bits per heavy atom. The second-order valence-electron chi connectivity index (χ2n) is 2.49. The van der Waals surface area contributed by atoms with E-state index in [0.29, 0.717) is 12.5 Å². The van der Waals surface area contributed by atoms with Crippen LogP contribution >= 0.6 is 0 Å². The van der Waals surface area contributed by atoms with Crippen LogP contribution in [0.15, 0.2) is 0 Å². The van der Waals surface area contributed by atoms with Crippen LogP contribution in [0.1, 0.15) is 19.3 Å². The standard InChI is InChI=1S/C6H13NO/c7-4-5-2-1-3-6(5)8/h5-6,8H,1-4,7H2/t5-,6+/m0/s1. The van der Waals surface area contributed by atoms with E-state index in [1.807, 2.05) is 0 Å². The fourth-order valence-corrected chi connectivity index (χ4v) is 1.29. The molecule has 0 heterocycles. The summed E-state index contributed by atoms with van der Waals surface area (Å²) in [6.07, 6.45) is 3.14. The van der Waals surface area contributed by atoms with E-state index in [1.54, 1.807) is 0 Å². The van der Waals surface area contributed by atoms with Crippen LogP contribution in [-0.4, -0.2) is 17.8 Å². The highest BCUT2D eigenvalue weighted by Crippen LogP contribution is 2.23. The molecule has 0 aliphatic heterocycles. The fourth-order valence-electron chi connectivity index (χ4n) is 1.29. The van der Waals surface area contributed by atoms with Gasteiger partial charge in [-0.2, -0.15) is 0 Å². The van der Waals surface area contributed by atoms with Gasteiger partial charge in [0.2, 0.25) is 0 Å². The van der Waals surface area contributed by atoms with Crippen molar-refractivity contribution in [1.29, 1.82) is 0 Å². The highest BCUT2D eigenvalue weighted by atomic mass is 16.3. The molecule has 0 aromatic heterocycles. The Bertz CT molecular complexity index is 74.9. The summed E-state index contributed by atoms with van der Waals surface area (Å²) in [5.41, 5.74) is 5.36. The Morgan fingerprint density at radius 3 is 2.50 bits per heavy atom. The molecule has 1 aliphatic rings. The summed E-state index contributed by atoms with van der Waals surface area (Å²) in [4.78, 5) is 0. The van der Waals surface area contributed by atoms with Crippen molar-refractivity contribution >= 4 is 0 Å². The lowest BCUT2D eigenvalue weighted by Crippen LogP contribution is -2.21. The fraction of sp³-hybridized carbons (Fsp3) is 1.00. The van der Waals surface area contributed by atoms with Crippen LogP contribution in [-0.2, 0) is 0 Å². The molecular formula is C6H13NO. The van der Waals surface area contributed by atoms with Gasteiger partial charge in [-0.25, -0.2) is 0 Å². The third-order valence-corrected chi connectivity index (χ3v) is 1.92. The van der Waals surface area contributed by atoms with Crippen LogP contribution in [0.4, 0.5) is 0 Å². The molecule has 48 valence electrons. The second kappa shape index (κ2) is 2.46. The smallest absolute Gasteiger partial charge is 0.0580 e. The Kier molecular flexibility index (Phi) is 1.86. The highest BCUT2D eigenvalue weighted by Gasteiger charge is 2.22. The van der Waals surface area contributed by atoms with E-state index in [2.05, 4.69) is 0 Å². The zero-order valence-corrected chi connectivity index (χ0v) is 5.01. The number of aliphatic hydroxyl groups excluding tert-OH is 1. The number of hydrogen-bond donors (Lipinski definition) is 2. The number of rotatable bonds is 1. The molecule has 1 rings (SSSR count). The molecule has 0 unspecified atom stereocenters. The van der Waals surface area contributed by atoms with E-state index in [4.69, 9.17) is 10.8 Å². The summed E-state index contributed by atoms with van der Waals surface area (Å²) in [6, 6.07) is 0. The van der Waals surface area contributed by atoms with Crippen molar-refractivity contribution < 1.29 is 5.11 Å². The normalized spacial score (nSPS) is 38.2. The van der Waals surface area contributed by atoms with Gasteiger partial charge >= 0.3 is 0 Å². The first kappa shape index (κ1) is 6.05. The van der Waals surface area contributed by atoms with E-state index in [1.165, 1.54) is 0 Å². The second-order valence-corrected chi connectivity index (χ2v) is 2.49. The SMILES string of the molecule is NC[C@@H]1CCC[C@H]1O. The van der Waals surface area contributed by atoms with Crippen molar-refractivity contribution in [3.63, 3.8) is 0 Å². The summed E-state index contributed by atoms with van der Waals surface area (Å²) >= 11 is 0. The maximum absolute atomic E-state index is 9.11. The van der Waals surface area contributed by atoms with Gasteiger partial charge in [-0.05, 0) is 25.3 Å². The zero-order valence-electron chi connectivity index (χ0n) is 5.01. The minimum atomic E-state index is -0.0972. The quantitative estimate of drug-likeness (QED) is 0.509. The molecule has 0 saturated heterocycles. The lowest BCUT2D eigenvalue weighted by atomic mass is 10.1. The zero-order chi connectivity index (χ0) is 5.98. The number of aliphatic hydroxyl groups is 1. The minimum Gasteiger partial charge on any atom is -0.393 e. The maximum Gasteiger partial charge on any atom is 0.0580 e. The van der Waals surface area contributed by atoms with E-state index in [-0.39, 0.29) is 6.10 Å². The predicted molar refractivity (Wildman–Crippen MR) is 32.4 cm³/mol. The van der Waals surface area contributed by atoms with Crippen LogP contribution in [0.5, 0.6) is 0 Å². The average Bonchev–Trinajstić information content (AvgIpc) is 2.14. The number of hydrogen-bond acceptors (Lipinski definition) is 2. The van der Waals surface area contributed by atoms with E-state index in [0.717, 1.165) is 19.3 Å². The monoisotopic (exact) mass is 115 g/mol. The first-order valence-electron chi connectivity index (χ1n) is 3.22. The van der Waals surface area contributed by atoms with Gasteiger partial charge in [-0.1, -0.05) is 6.42 Å². The lowest BCUT2D eigenvalue weighted by Gasteiger charge is -2.09. The molecule has 8 heavy (non-hydrogen) atoms. The van der Waals surface area contributed by atoms with Crippen LogP contribution in [0, 0.1) is 5.92 Å². The van der Waals surface area contributed by atoms with Gasteiger partial charge in [0.25, 0.3) is 0 Å². The first-order valence-corrected chi connectivity index (χ1v) is 3.22. The van der Waals surface area contributed by atoms with Crippen molar-refractivity contribution in [2.45, 2.75) is 25.4 Å². The van der Waals surface area contributed by atoms with Crippen molar-refractivity contribution in [2.75, 3.05) is 6.54 Å². The molecule has 2 heteroatoms. The van der Waals surface area contributed by atoms with Gasteiger partial charge in [-0.3, -0.25) is 0 Å². The van der Waals surface area contributed by atoms with Gasteiger partial charge in [0.1, 0.15) is 0 Å². The Hall–Kier alpha value is -0.0800. The van der Waals surface area contributed by atoms with Crippen molar-refractivity contribution in [2.24, 2.45) is 11.7 Å². The lowest BCUT2D eigenvalue weighted by molar-refractivity contribution is 0.136. The Labute approximate surface area is 49.7 Å². The minimum absolute atomic E-state index is 0.0972. The van der Waals surface area contributed by atoms with Gasteiger partial charge in [-0.15, -0.1) is 0 Å². The summed E-state index contributed by atoms with van der Waals surface area (Å²) in [6.45, 7) is 0.654. The van der Waals surface area contributed by atoms with Crippen LogP contribution in [0.25, 0.3) is 0 Å². The van der Waals surface area contributed by atoms with Crippen molar-refractivity contribution in [3.8, 4) is 0 Å². The maximum atomic E-state index is 9.11. The number of nitrogens with two attached hydrogens (primary N) is 1. The van der Waals surface area contributed by atoms with Gasteiger partial charge in [0, 0.05) is 0 Å². The molecule has 1 saturated carbocycles. The largest absolute Gasteiger partial charge is 0.393 e. The van der Waals surface area contributed by atoms with Gasteiger partial charge in [0.15, 0.2) is 0 Å². The van der Waals surface area contributed by atoms with Gasteiger partial charge in [0.05, 0.1) is 6.10 Å². The molecule has 3 N–H and O–H groups in total. The van der Waals surface area contributed by atoms with Crippen LogP contribution in [0.2, 0.25) is 0 Å². The Morgan fingerprint density at radius 2 is 2.25 bits per heavy atom. The van der Waals surface area contributed by atoms with Crippen molar-refractivity contribution in [1.82, 2.24) is 0 Å². The highest BCUT2D eigenvalue weighted by molar-refractivity contribution is 4.76. The molecule has 0 amide bonds. The molecule has 0 aromatic rings. The molecule has 0 bridgehead atoms. The van der Waals surface area contributed by atoms with E-state index in [9.17, 15) is 0 Å².